The Kier molecular flexibility index (Phi) is 20.7. The molecule has 1 aliphatic heterocycles. The average molecular weight is 943 g/mol. The molecule has 0 aliphatic carbocycles. The number of likely N-dealkylation sites (N-methyl/N-ethyl adjacent to an activating group) is 3. The van der Waals surface area contributed by atoms with E-state index in [1.807, 2.05) is 19.9 Å². The van der Waals surface area contributed by atoms with Crippen molar-refractivity contribution in [3.8, 4) is 0 Å². The number of amides is 3. The van der Waals surface area contributed by atoms with Crippen LogP contribution in [-0.2, 0) is 76.6 Å². The van der Waals surface area contributed by atoms with Gasteiger partial charge in [-0.2, -0.15) is 0 Å². The first-order chi connectivity index (χ1) is 32.3. The van der Waals surface area contributed by atoms with E-state index in [0.29, 0.717) is 29.5 Å². The number of likely N-dealkylation sites (tertiary alicyclic amines) is 1. The molecule has 0 unspecified atom stereocenters. The molecule has 8 atom stereocenters. The van der Waals surface area contributed by atoms with E-state index in [0.717, 1.165) is 9.80 Å². The van der Waals surface area contributed by atoms with Crippen LogP contribution in [0.5, 0.6) is 0 Å². The van der Waals surface area contributed by atoms with E-state index in [4.69, 9.17) is 18.9 Å². The molecule has 2 N–H and O–H groups in total. The third kappa shape index (κ3) is 15.5. The highest BCUT2D eigenvalue weighted by Gasteiger charge is 2.42. The summed E-state index contributed by atoms with van der Waals surface area (Å²) in [6.07, 6.45) is -4.40. The maximum Gasteiger partial charge on any atom is 0.344 e. The summed E-state index contributed by atoms with van der Waals surface area (Å²) in [6, 6.07) is 22.2. The lowest BCUT2D eigenvalue weighted by Crippen LogP contribution is -2.55. The summed E-state index contributed by atoms with van der Waals surface area (Å²) in [5.74, 6) is -7.08. The topological polar surface area (TPSA) is 215 Å². The molecule has 1 fully saturated rings. The highest BCUT2D eigenvalue weighted by Crippen LogP contribution is 2.24. The molecule has 0 saturated carbocycles. The average Bonchev–Trinajstić information content (AvgIpc) is 3.33. The molecule has 1 heterocycles. The highest BCUT2D eigenvalue weighted by molar-refractivity contribution is 5.93. The monoisotopic (exact) mass is 942 g/mol. The largest absolute Gasteiger partial charge is 0.479 e. The second kappa shape index (κ2) is 26.1. The predicted molar refractivity (Wildman–Crippen MR) is 249 cm³/mol. The summed E-state index contributed by atoms with van der Waals surface area (Å²) in [7, 11) is 4.34. The Morgan fingerprint density at radius 1 is 0.618 bits per heavy atom. The molecule has 3 aromatic rings. The normalized spacial score (nSPS) is 16.7. The summed E-state index contributed by atoms with van der Waals surface area (Å²) in [5.41, 5.74) is 2.03. The molecular formula is C51H66N4O13. The van der Waals surface area contributed by atoms with Gasteiger partial charge in [-0.25, -0.2) is 19.2 Å². The Balaban J connectivity index is 1.59. The number of ether oxygens (including phenoxy) is 4. The number of nitrogens with one attached hydrogen (secondary N) is 1. The zero-order valence-electron chi connectivity index (χ0n) is 40.2. The smallest absolute Gasteiger partial charge is 0.344 e. The Hall–Kier alpha value is -6.62. The summed E-state index contributed by atoms with van der Waals surface area (Å²) in [5, 5.41) is 12.2. The summed E-state index contributed by atoms with van der Waals surface area (Å²) < 4.78 is 22.8. The molecule has 1 aliphatic rings. The van der Waals surface area contributed by atoms with Crippen molar-refractivity contribution in [2.75, 3.05) is 27.7 Å². The summed E-state index contributed by atoms with van der Waals surface area (Å²) in [6.45, 7) is 7.94. The van der Waals surface area contributed by atoms with Gasteiger partial charge >= 0.3 is 29.8 Å². The summed E-state index contributed by atoms with van der Waals surface area (Å²) >= 11 is 0. The van der Waals surface area contributed by atoms with Gasteiger partial charge in [0.15, 0.2) is 24.4 Å². The van der Waals surface area contributed by atoms with Gasteiger partial charge in [0.25, 0.3) is 17.7 Å². The van der Waals surface area contributed by atoms with Crippen LogP contribution in [0.4, 0.5) is 0 Å². The minimum Gasteiger partial charge on any atom is -0.479 e. The van der Waals surface area contributed by atoms with Gasteiger partial charge < -0.3 is 44.1 Å². The number of hydrogen-bond donors (Lipinski definition) is 2. The third-order valence-electron chi connectivity index (χ3n) is 11.9. The second-order valence-electron chi connectivity index (χ2n) is 17.5. The van der Waals surface area contributed by atoms with Gasteiger partial charge in [-0.1, -0.05) is 105 Å². The maximum atomic E-state index is 14.4. The lowest BCUT2D eigenvalue weighted by Gasteiger charge is -2.37. The molecule has 17 heteroatoms. The SMILES string of the molecule is CN[C@@H](C)C(=O)O[C@H](Cc1ccccc1)C(=O)N(C)[C@@H](Cc1ccccc1)C(=O)O[C@H](C)C(=O)N(C)[C@@H](CC(C)C)C(=O)O[C@H](Cc1ccccc1)C(=O)N1CCCC[C@H]1C(=O)O[C@H](C)C(=O)O. The Labute approximate surface area is 398 Å². The van der Waals surface area contributed by atoms with Crippen LogP contribution >= 0.6 is 0 Å². The fraction of sp³-hybridized carbons (Fsp3) is 0.490. The minimum absolute atomic E-state index is 0.0152. The van der Waals surface area contributed by atoms with E-state index in [9.17, 15) is 43.5 Å². The Morgan fingerprint density at radius 2 is 1.10 bits per heavy atom. The molecule has 17 nitrogen and oxygen atoms in total. The summed E-state index contributed by atoms with van der Waals surface area (Å²) in [4.78, 5) is 113. The number of carboxylic acids is 1. The lowest BCUT2D eigenvalue weighted by molar-refractivity contribution is -0.175. The zero-order chi connectivity index (χ0) is 50.1. The maximum absolute atomic E-state index is 14.4. The second-order valence-corrected chi connectivity index (χ2v) is 17.5. The fourth-order valence-electron chi connectivity index (χ4n) is 7.72. The standard InChI is InChI=1S/C51H66N4O13/c1-32(2)28-40(51(64)68-43(31-38-24-16-11-17-25-38)46(58)55-27-19-18-26-39(55)49(62)66-35(5)47(59)60)53(7)44(56)34(4)65-50(63)41(29-36-20-12-9-13-21-36)54(8)45(57)42(67-48(61)33(3)52-6)30-37-22-14-10-15-23-37/h9-17,20-25,32-35,39-43,52H,18-19,26-31H2,1-8H3,(H,59,60)/t33-,34+,35+,39-,40-,41-,42+,43+/m0/s1. The van der Waals surface area contributed by atoms with E-state index >= 15 is 0 Å². The number of carbonyl (C=O) groups excluding carboxylic acids is 7. The van der Waals surface area contributed by atoms with Crippen molar-refractivity contribution in [3.63, 3.8) is 0 Å². The van der Waals surface area contributed by atoms with Gasteiger partial charge in [-0.15, -0.1) is 0 Å². The first-order valence-corrected chi connectivity index (χ1v) is 23.0. The van der Waals surface area contributed by atoms with Gasteiger partial charge in [0, 0.05) is 39.9 Å². The van der Waals surface area contributed by atoms with E-state index in [1.54, 1.807) is 98.9 Å². The highest BCUT2D eigenvalue weighted by atomic mass is 16.6. The van der Waals surface area contributed by atoms with E-state index < -0.39 is 96.2 Å². The number of aliphatic carboxylic acids is 1. The third-order valence-corrected chi connectivity index (χ3v) is 11.9. The van der Waals surface area contributed by atoms with Gasteiger partial charge in [-0.05, 0) is 76.1 Å². The van der Waals surface area contributed by atoms with Crippen molar-refractivity contribution < 1.29 is 62.4 Å². The zero-order valence-corrected chi connectivity index (χ0v) is 40.2. The molecule has 3 amide bonds. The molecule has 68 heavy (non-hydrogen) atoms. The first-order valence-electron chi connectivity index (χ1n) is 23.0. The van der Waals surface area contributed by atoms with Crippen molar-refractivity contribution in [3.05, 3.63) is 108 Å². The number of piperidine rings is 1. The number of benzene rings is 3. The van der Waals surface area contributed by atoms with Crippen molar-refractivity contribution in [1.82, 2.24) is 20.0 Å². The van der Waals surface area contributed by atoms with E-state index in [2.05, 4.69) is 5.32 Å². The minimum atomic E-state index is -1.48. The Morgan fingerprint density at radius 3 is 1.62 bits per heavy atom. The van der Waals surface area contributed by atoms with Crippen molar-refractivity contribution in [2.45, 2.75) is 128 Å². The van der Waals surface area contributed by atoms with Crippen LogP contribution in [-0.4, -0.2) is 144 Å². The molecule has 0 aromatic heterocycles. The van der Waals surface area contributed by atoms with Crippen molar-refractivity contribution >= 4 is 47.6 Å². The number of carboxylic acid groups (broad SMARTS) is 1. The first kappa shape index (κ1) is 54.0. The van der Waals surface area contributed by atoms with E-state index in [-0.39, 0.29) is 44.6 Å². The van der Waals surface area contributed by atoms with Crippen LogP contribution in [0.3, 0.4) is 0 Å². The van der Waals surface area contributed by atoms with Crippen LogP contribution in [0, 0.1) is 5.92 Å². The van der Waals surface area contributed by atoms with E-state index in [1.165, 1.54) is 32.8 Å². The molecule has 1 saturated heterocycles. The molecule has 4 rings (SSSR count). The quantitative estimate of drug-likeness (QED) is 0.101. The number of rotatable bonds is 23. The van der Waals surface area contributed by atoms with Crippen LogP contribution < -0.4 is 5.32 Å². The lowest BCUT2D eigenvalue weighted by atomic mass is 9.99. The molecule has 0 radical (unpaired) electrons. The molecular weight excluding hydrogens is 877 g/mol. The fourth-order valence-corrected chi connectivity index (χ4v) is 7.72. The number of nitrogens with zero attached hydrogens (tertiary/aromatic N) is 3. The molecule has 0 bridgehead atoms. The van der Waals surface area contributed by atoms with Gasteiger partial charge in [0.1, 0.15) is 24.2 Å². The van der Waals surface area contributed by atoms with Gasteiger partial charge in [0.2, 0.25) is 0 Å². The van der Waals surface area contributed by atoms with Crippen molar-refractivity contribution in [1.29, 1.82) is 0 Å². The number of esters is 4. The van der Waals surface area contributed by atoms with Crippen LogP contribution in [0.25, 0.3) is 0 Å². The molecule has 368 valence electrons. The number of hydrogen-bond acceptors (Lipinski definition) is 13. The van der Waals surface area contributed by atoms with Crippen molar-refractivity contribution in [2.24, 2.45) is 5.92 Å². The van der Waals surface area contributed by atoms with Crippen LogP contribution in [0.1, 0.15) is 77.0 Å². The van der Waals surface area contributed by atoms with Gasteiger partial charge in [-0.3, -0.25) is 19.2 Å². The predicted octanol–water partition coefficient (Wildman–Crippen LogP) is 4.18. The Bertz CT molecular complexity index is 2170. The molecule has 0 spiro atoms. The number of carbonyl (C=O) groups is 8. The van der Waals surface area contributed by atoms with Crippen LogP contribution in [0.15, 0.2) is 91.0 Å². The van der Waals surface area contributed by atoms with Gasteiger partial charge in [0.05, 0.1) is 0 Å². The van der Waals surface area contributed by atoms with Crippen LogP contribution in [0.2, 0.25) is 0 Å². The molecule has 3 aromatic carbocycles.